The third-order valence-electron chi connectivity index (χ3n) is 3.94. The summed E-state index contributed by atoms with van der Waals surface area (Å²) in [4.78, 5) is 37.8. The van der Waals surface area contributed by atoms with Crippen LogP contribution < -0.4 is 5.32 Å². The van der Waals surface area contributed by atoms with Crippen molar-refractivity contribution in [3.63, 3.8) is 0 Å². The predicted molar refractivity (Wildman–Crippen MR) is 89.5 cm³/mol. The van der Waals surface area contributed by atoms with Gasteiger partial charge in [0.25, 0.3) is 0 Å². The van der Waals surface area contributed by atoms with E-state index >= 15 is 0 Å². The quantitative estimate of drug-likeness (QED) is 0.120. The van der Waals surface area contributed by atoms with Crippen LogP contribution in [-0.4, -0.2) is 40.6 Å². The number of rotatable bonds is 8. The van der Waals surface area contributed by atoms with Crippen LogP contribution in [0.25, 0.3) is 10.4 Å². The van der Waals surface area contributed by atoms with E-state index in [-0.39, 0.29) is 18.9 Å². The number of amides is 1. The fourth-order valence-electron chi connectivity index (χ4n) is 2.54. The molecule has 0 aliphatic carbocycles. The lowest BCUT2D eigenvalue weighted by molar-refractivity contribution is -0.141. The molecule has 1 aromatic carbocycles. The van der Waals surface area contributed by atoms with E-state index in [1.807, 2.05) is 0 Å². The summed E-state index contributed by atoms with van der Waals surface area (Å²) in [5.41, 5.74) is 8.50. The highest BCUT2D eigenvalue weighted by atomic mass is 16.5. The Hall–Kier alpha value is -3.23. The van der Waals surface area contributed by atoms with Crippen molar-refractivity contribution in [2.24, 2.45) is 11.0 Å². The SMILES string of the molecule is C[C@@H](O)[C@H]1C(=O)N[C@@H]1CC(=O)C(=N)C(=O)OCc1ccc(N=[N+]=[N-])cc1. The third kappa shape index (κ3) is 4.44. The summed E-state index contributed by atoms with van der Waals surface area (Å²) in [6, 6.07) is 5.64. The lowest BCUT2D eigenvalue weighted by Gasteiger charge is -2.38. The van der Waals surface area contributed by atoms with E-state index in [2.05, 4.69) is 15.3 Å². The summed E-state index contributed by atoms with van der Waals surface area (Å²) in [6.45, 7) is 1.29. The average molecular weight is 359 g/mol. The molecule has 0 radical (unpaired) electrons. The highest BCUT2D eigenvalue weighted by Gasteiger charge is 2.44. The number of esters is 1. The Balaban J connectivity index is 1.85. The van der Waals surface area contributed by atoms with Crippen molar-refractivity contribution >= 4 is 29.1 Å². The highest BCUT2D eigenvalue weighted by molar-refractivity contribution is 6.63. The third-order valence-corrected chi connectivity index (χ3v) is 3.94. The molecule has 1 fully saturated rings. The van der Waals surface area contributed by atoms with E-state index in [1.54, 1.807) is 12.1 Å². The molecule has 136 valence electrons. The Morgan fingerprint density at radius 1 is 1.42 bits per heavy atom. The molecule has 3 N–H and O–H groups in total. The zero-order chi connectivity index (χ0) is 19.3. The number of benzene rings is 1. The molecule has 10 nitrogen and oxygen atoms in total. The Labute approximate surface area is 148 Å². The zero-order valence-corrected chi connectivity index (χ0v) is 13.9. The van der Waals surface area contributed by atoms with Crippen LogP contribution in [0.2, 0.25) is 0 Å². The molecule has 0 spiro atoms. The monoisotopic (exact) mass is 359 g/mol. The first kappa shape index (κ1) is 19.1. The molecule has 0 unspecified atom stereocenters. The topological polar surface area (TPSA) is 165 Å². The first-order chi connectivity index (χ1) is 12.3. The molecule has 0 aromatic heterocycles. The second-order valence-electron chi connectivity index (χ2n) is 5.82. The van der Waals surface area contributed by atoms with Gasteiger partial charge in [0, 0.05) is 17.0 Å². The minimum absolute atomic E-state index is 0.151. The van der Waals surface area contributed by atoms with Crippen LogP contribution in [0, 0.1) is 11.3 Å². The van der Waals surface area contributed by atoms with Gasteiger partial charge >= 0.3 is 5.97 Å². The summed E-state index contributed by atoms with van der Waals surface area (Å²) in [5.74, 6) is -2.94. The molecule has 1 aromatic rings. The number of β-lactam (4-membered cyclic amide) rings is 1. The van der Waals surface area contributed by atoms with Crippen molar-refractivity contribution in [3.8, 4) is 0 Å². The Bertz CT molecular complexity index is 783. The number of aliphatic hydroxyl groups is 1. The lowest BCUT2D eigenvalue weighted by Crippen LogP contribution is -2.62. The van der Waals surface area contributed by atoms with Gasteiger partial charge in [0.05, 0.1) is 18.1 Å². The van der Waals surface area contributed by atoms with Gasteiger partial charge in [0.1, 0.15) is 6.61 Å². The molecule has 1 aliphatic heterocycles. The van der Waals surface area contributed by atoms with Gasteiger partial charge in [-0.2, -0.15) is 0 Å². The molecule has 1 saturated heterocycles. The minimum atomic E-state index is -1.08. The zero-order valence-electron chi connectivity index (χ0n) is 13.9. The highest BCUT2D eigenvalue weighted by Crippen LogP contribution is 2.22. The average Bonchev–Trinajstić information content (AvgIpc) is 2.59. The Kier molecular flexibility index (Phi) is 6.05. The second kappa shape index (κ2) is 8.24. The van der Waals surface area contributed by atoms with E-state index in [1.165, 1.54) is 19.1 Å². The normalized spacial score (nSPS) is 19.4. The standard InChI is InChI=1S/C16H17N5O5/c1-8(22)13-11(19-15(13)24)6-12(23)14(17)16(25)26-7-9-2-4-10(5-3-9)20-21-18/h2-5,8,11,13,17,22H,6-7H2,1H3,(H,19,24)/t8-,11-,13-/m1/s1. The van der Waals surface area contributed by atoms with Crippen molar-refractivity contribution in [2.45, 2.75) is 32.1 Å². The first-order valence-electron chi connectivity index (χ1n) is 7.75. The molecular formula is C16H17N5O5. The molecule has 0 bridgehead atoms. The number of nitrogens with one attached hydrogen (secondary N) is 2. The minimum Gasteiger partial charge on any atom is -0.456 e. The molecule has 1 amide bonds. The van der Waals surface area contributed by atoms with Gasteiger partial charge in [-0.1, -0.05) is 29.4 Å². The summed E-state index contributed by atoms with van der Waals surface area (Å²) in [6.07, 6.45) is -1.17. The van der Waals surface area contributed by atoms with E-state index in [0.29, 0.717) is 11.3 Å². The number of ketones is 1. The summed E-state index contributed by atoms with van der Waals surface area (Å²) in [7, 11) is 0. The smallest absolute Gasteiger partial charge is 0.360 e. The number of aliphatic hydroxyl groups excluding tert-OH is 1. The predicted octanol–water partition coefficient (Wildman–Crippen LogP) is 1.15. The van der Waals surface area contributed by atoms with Gasteiger partial charge in [0.15, 0.2) is 11.5 Å². The fourth-order valence-corrected chi connectivity index (χ4v) is 2.54. The van der Waals surface area contributed by atoms with Crippen LogP contribution in [0.5, 0.6) is 0 Å². The molecule has 3 atom stereocenters. The van der Waals surface area contributed by atoms with Crippen LogP contribution in [0.1, 0.15) is 18.9 Å². The van der Waals surface area contributed by atoms with Crippen molar-refractivity contribution in [2.75, 3.05) is 0 Å². The van der Waals surface area contributed by atoms with Crippen LogP contribution >= 0.6 is 0 Å². The van der Waals surface area contributed by atoms with E-state index in [4.69, 9.17) is 15.7 Å². The molecule has 0 saturated carbocycles. The molecule has 26 heavy (non-hydrogen) atoms. The van der Waals surface area contributed by atoms with Crippen molar-refractivity contribution in [1.29, 1.82) is 5.41 Å². The molecule has 10 heteroatoms. The van der Waals surface area contributed by atoms with E-state index in [9.17, 15) is 19.5 Å². The van der Waals surface area contributed by atoms with Gasteiger partial charge in [-0.3, -0.25) is 15.0 Å². The van der Waals surface area contributed by atoms with Crippen molar-refractivity contribution in [1.82, 2.24) is 5.32 Å². The number of hydrogen-bond donors (Lipinski definition) is 3. The van der Waals surface area contributed by atoms with Gasteiger partial charge < -0.3 is 15.2 Å². The van der Waals surface area contributed by atoms with Gasteiger partial charge in [-0.05, 0) is 18.0 Å². The molecule has 1 heterocycles. The number of azide groups is 1. The van der Waals surface area contributed by atoms with Crippen molar-refractivity contribution in [3.05, 3.63) is 40.3 Å². The number of hydrogen-bond acceptors (Lipinski definition) is 7. The van der Waals surface area contributed by atoms with Crippen LogP contribution in [0.15, 0.2) is 29.4 Å². The van der Waals surface area contributed by atoms with E-state index in [0.717, 1.165) is 0 Å². The maximum absolute atomic E-state index is 12.0. The summed E-state index contributed by atoms with van der Waals surface area (Å²) in [5, 5.41) is 23.0. The first-order valence-corrected chi connectivity index (χ1v) is 7.75. The summed E-state index contributed by atoms with van der Waals surface area (Å²) < 4.78 is 4.92. The van der Waals surface area contributed by atoms with Gasteiger partial charge in [0.2, 0.25) is 5.91 Å². The van der Waals surface area contributed by atoms with Gasteiger partial charge in [-0.25, -0.2) is 4.79 Å². The van der Waals surface area contributed by atoms with Crippen LogP contribution in [0.4, 0.5) is 5.69 Å². The second-order valence-corrected chi connectivity index (χ2v) is 5.82. The van der Waals surface area contributed by atoms with E-state index < -0.39 is 35.5 Å². The molecular weight excluding hydrogens is 342 g/mol. The Morgan fingerprint density at radius 3 is 2.62 bits per heavy atom. The van der Waals surface area contributed by atoms with Crippen LogP contribution in [-0.2, 0) is 25.7 Å². The fraction of sp³-hybridized carbons (Fsp3) is 0.375. The van der Waals surface area contributed by atoms with Crippen molar-refractivity contribution < 1.29 is 24.2 Å². The number of ether oxygens (including phenoxy) is 1. The maximum atomic E-state index is 12.0. The lowest BCUT2D eigenvalue weighted by atomic mass is 9.82. The summed E-state index contributed by atoms with van der Waals surface area (Å²) >= 11 is 0. The number of nitrogens with zero attached hydrogens (tertiary/aromatic N) is 3. The largest absolute Gasteiger partial charge is 0.456 e. The number of carbonyl (C=O) groups is 3. The number of carbonyl (C=O) groups excluding carboxylic acids is 3. The molecule has 2 rings (SSSR count). The molecule has 1 aliphatic rings. The maximum Gasteiger partial charge on any atom is 0.360 e. The van der Waals surface area contributed by atoms with Gasteiger partial charge in [-0.15, -0.1) is 0 Å². The number of Topliss-reactive ketones (excluding diaryl/α,β-unsaturated/α-hetero) is 1. The van der Waals surface area contributed by atoms with Crippen LogP contribution in [0.3, 0.4) is 0 Å². The Morgan fingerprint density at radius 2 is 2.08 bits per heavy atom.